The molecule has 0 spiro atoms. The highest BCUT2D eigenvalue weighted by Gasteiger charge is 2.29. The van der Waals surface area contributed by atoms with Crippen molar-refractivity contribution in [1.82, 2.24) is 14.9 Å². The van der Waals surface area contributed by atoms with Crippen molar-refractivity contribution in [2.24, 2.45) is 5.92 Å². The Morgan fingerprint density at radius 2 is 1.60 bits per heavy atom. The Morgan fingerprint density at radius 1 is 0.838 bits per heavy atom. The molecule has 0 amide bonds. The number of phenolic OH excluding ortho intramolecular Hbond substituents is 3. The summed E-state index contributed by atoms with van der Waals surface area (Å²) in [6.45, 7) is 6.03. The Kier molecular flexibility index (Phi) is 14.6. The summed E-state index contributed by atoms with van der Waals surface area (Å²) in [7, 11) is 1.46. The fourth-order valence-electron chi connectivity index (χ4n) is 9.67. The molecule has 0 radical (unpaired) electrons. The molecule has 4 unspecified atom stereocenters. The number of phenols is 3. The third-order valence-corrected chi connectivity index (χ3v) is 13.2. The van der Waals surface area contributed by atoms with Crippen LogP contribution in [0.5, 0.6) is 34.5 Å². The second-order valence-electron chi connectivity index (χ2n) is 18.0. The number of rotatable bonds is 10. The maximum atomic E-state index is 14.5. The van der Waals surface area contributed by atoms with Crippen molar-refractivity contribution < 1.29 is 43.9 Å². The van der Waals surface area contributed by atoms with Crippen molar-refractivity contribution in [3.8, 4) is 34.5 Å². The zero-order valence-electron chi connectivity index (χ0n) is 39.0. The standard InChI is InChI=1S/C55H60N4O9/c1-5-36-15-16-47(67-35(3)61)28-45(64)29-51(40-24-52(65)55(53(25-40)66-4)68-46-13-8-12-44(63)27-46)58-32-39-10-7-14-50(49(39)33-58)59(20-18-34(2)60)54-26-38(17-19-57-54)48(37-9-6-11-43(62)22-37)23-42-31-56-30-41(42)21-36/h6-14,17,22,24-27,30-33,36,47-48,51,56-57,62-63,65H,5,15-16,18-21,23,28-29H2,1-4H3. The van der Waals surface area contributed by atoms with E-state index in [9.17, 15) is 29.7 Å². The number of ketones is 2. The lowest BCUT2D eigenvalue weighted by molar-refractivity contribution is -0.148. The molecular formula is C55H60N4O9. The summed E-state index contributed by atoms with van der Waals surface area (Å²) < 4.78 is 19.7. The summed E-state index contributed by atoms with van der Waals surface area (Å²) in [5.41, 5.74) is 5.80. The Hall–Kier alpha value is -7.41. The fourth-order valence-corrected chi connectivity index (χ4v) is 9.67. The van der Waals surface area contributed by atoms with Crippen molar-refractivity contribution in [2.75, 3.05) is 25.1 Å². The number of aromatic nitrogens is 2. The lowest BCUT2D eigenvalue weighted by Gasteiger charge is -2.32. The minimum Gasteiger partial charge on any atom is -0.508 e. The molecule has 5 N–H and O–H groups in total. The van der Waals surface area contributed by atoms with E-state index < -0.39 is 18.1 Å². The number of nitrogens with one attached hydrogen (secondary N) is 2. The number of benzene rings is 4. The number of methoxy groups -OCH3 is 1. The molecular weight excluding hydrogens is 861 g/mol. The number of dihydropyridines is 1. The summed E-state index contributed by atoms with van der Waals surface area (Å²) >= 11 is 0. The number of nitrogens with zero attached hydrogens (tertiary/aromatic N) is 2. The molecule has 4 bridgehead atoms. The van der Waals surface area contributed by atoms with Crippen molar-refractivity contribution in [3.05, 3.63) is 149 Å². The van der Waals surface area contributed by atoms with Gasteiger partial charge in [-0.05, 0) is 115 Å². The number of anilines is 1. The molecule has 0 saturated carbocycles. The predicted octanol–water partition coefficient (Wildman–Crippen LogP) is 10.3. The van der Waals surface area contributed by atoms with Gasteiger partial charge in [0.15, 0.2) is 11.5 Å². The van der Waals surface area contributed by atoms with Crippen LogP contribution in [-0.2, 0) is 32.0 Å². The Labute approximate surface area is 396 Å². The van der Waals surface area contributed by atoms with Gasteiger partial charge in [0.2, 0.25) is 5.75 Å². The highest BCUT2D eigenvalue weighted by molar-refractivity contribution is 5.95. The van der Waals surface area contributed by atoms with Gasteiger partial charge >= 0.3 is 5.97 Å². The van der Waals surface area contributed by atoms with Crippen LogP contribution in [0.25, 0.3) is 10.8 Å². The summed E-state index contributed by atoms with van der Waals surface area (Å²) in [5, 5.41) is 37.8. The molecule has 6 aromatic rings. The van der Waals surface area contributed by atoms with E-state index in [1.165, 1.54) is 31.7 Å². The number of fused-ring (bicyclic) bond motifs is 3. The van der Waals surface area contributed by atoms with Crippen molar-refractivity contribution in [3.63, 3.8) is 0 Å². The summed E-state index contributed by atoms with van der Waals surface area (Å²) in [5.74, 6) is 0.860. The first-order valence-corrected chi connectivity index (χ1v) is 23.4. The summed E-state index contributed by atoms with van der Waals surface area (Å²) in [4.78, 5) is 45.3. The minimum atomic E-state index is -0.671. The molecule has 354 valence electrons. The first kappa shape index (κ1) is 47.1. The average Bonchev–Trinajstić information content (AvgIpc) is 3.96. The molecule has 4 atom stereocenters. The maximum Gasteiger partial charge on any atom is 0.302 e. The van der Waals surface area contributed by atoms with E-state index in [1.807, 2.05) is 47.3 Å². The Morgan fingerprint density at radius 3 is 2.34 bits per heavy atom. The lowest BCUT2D eigenvalue weighted by atomic mass is 9.82. The Balaban J connectivity index is 1.28. The van der Waals surface area contributed by atoms with Gasteiger partial charge < -0.3 is 49.3 Å². The van der Waals surface area contributed by atoms with Gasteiger partial charge in [-0.1, -0.05) is 49.8 Å². The monoisotopic (exact) mass is 920 g/mol. The molecule has 0 fully saturated rings. The van der Waals surface area contributed by atoms with E-state index in [1.54, 1.807) is 37.3 Å². The van der Waals surface area contributed by atoms with Gasteiger partial charge in [-0.25, -0.2) is 0 Å². The number of aromatic amines is 1. The van der Waals surface area contributed by atoms with Crippen LogP contribution in [-0.4, -0.2) is 68.7 Å². The SMILES string of the molecule is CCC1CCC(OC(C)=O)CC(=O)CC(c2cc(O)c(Oc3cccc(O)c3)c(OC)c2)n2cc3cccc(c3c2)N(CCC(C)=O)C2=CC(=CCN2)C(c2cccc(O)c2)Cc2c[nH]cc2C1. The van der Waals surface area contributed by atoms with E-state index in [-0.39, 0.29) is 77.2 Å². The van der Waals surface area contributed by atoms with E-state index in [0.29, 0.717) is 31.5 Å². The Bertz CT molecular complexity index is 2860. The number of Topliss-reactive ketones (excluding diaryl/α,β-unsaturated/α-hetero) is 2. The quantitative estimate of drug-likeness (QED) is 0.0827. The van der Waals surface area contributed by atoms with Gasteiger partial charge in [0.25, 0.3) is 0 Å². The van der Waals surface area contributed by atoms with Crippen molar-refractivity contribution in [1.29, 1.82) is 0 Å². The first-order chi connectivity index (χ1) is 32.8. The highest BCUT2D eigenvalue weighted by Crippen LogP contribution is 2.45. The number of carbonyl (C=O) groups excluding carboxylic acids is 3. The van der Waals surface area contributed by atoms with Crippen molar-refractivity contribution in [2.45, 2.75) is 90.2 Å². The van der Waals surface area contributed by atoms with Crippen LogP contribution < -0.4 is 19.7 Å². The number of H-pyrrole nitrogens is 1. The van der Waals surface area contributed by atoms with Crippen LogP contribution in [0.15, 0.2) is 127 Å². The molecule has 2 aliphatic rings. The first-order valence-electron chi connectivity index (χ1n) is 23.4. The fraction of sp³-hybridized carbons (Fsp3) is 0.327. The van der Waals surface area contributed by atoms with Crippen molar-refractivity contribution >= 4 is 34.0 Å². The normalized spacial score (nSPS) is 19.2. The molecule has 4 heterocycles. The van der Waals surface area contributed by atoms with E-state index in [2.05, 4.69) is 52.7 Å². The van der Waals surface area contributed by atoms with Gasteiger partial charge in [-0.15, -0.1) is 0 Å². The van der Waals surface area contributed by atoms with Gasteiger partial charge in [-0.3, -0.25) is 14.4 Å². The zero-order valence-corrected chi connectivity index (χ0v) is 39.0. The molecule has 2 aromatic heterocycles. The number of hydrogen-bond acceptors (Lipinski definition) is 11. The third kappa shape index (κ3) is 11.1. The molecule has 0 aliphatic carbocycles. The molecule has 4 aromatic carbocycles. The van der Waals surface area contributed by atoms with Crippen LogP contribution in [0.3, 0.4) is 0 Å². The van der Waals surface area contributed by atoms with Crippen LogP contribution in [0.4, 0.5) is 5.69 Å². The van der Waals surface area contributed by atoms with E-state index in [4.69, 9.17) is 14.2 Å². The van der Waals surface area contributed by atoms with Gasteiger partial charge in [-0.2, -0.15) is 0 Å². The number of hydrogen-bond donors (Lipinski definition) is 5. The number of ether oxygens (including phenoxy) is 3. The zero-order chi connectivity index (χ0) is 47.9. The molecule has 2 aliphatic heterocycles. The van der Waals surface area contributed by atoms with Crippen LogP contribution >= 0.6 is 0 Å². The smallest absolute Gasteiger partial charge is 0.302 e. The van der Waals surface area contributed by atoms with Gasteiger partial charge in [0.1, 0.15) is 40.7 Å². The van der Waals surface area contributed by atoms with Crippen LogP contribution in [0.1, 0.15) is 93.5 Å². The lowest BCUT2D eigenvalue weighted by Crippen LogP contribution is -2.35. The van der Waals surface area contributed by atoms with Gasteiger partial charge in [0.05, 0.1) is 18.8 Å². The molecule has 68 heavy (non-hydrogen) atoms. The second-order valence-corrected chi connectivity index (χ2v) is 18.0. The van der Waals surface area contributed by atoms with Gasteiger partial charge in [0, 0.05) is 86.8 Å². The van der Waals surface area contributed by atoms with E-state index >= 15 is 0 Å². The summed E-state index contributed by atoms with van der Waals surface area (Å²) in [6.07, 6.45) is 15.6. The highest BCUT2D eigenvalue weighted by atomic mass is 16.5. The molecule has 8 rings (SSSR count). The minimum absolute atomic E-state index is 0.00483. The topological polar surface area (TPSA) is 176 Å². The largest absolute Gasteiger partial charge is 0.508 e. The average molecular weight is 921 g/mol. The van der Waals surface area contributed by atoms with Crippen LogP contribution in [0.2, 0.25) is 0 Å². The number of carbonyl (C=O) groups is 3. The predicted molar refractivity (Wildman–Crippen MR) is 262 cm³/mol. The second kappa shape index (κ2) is 21.0. The summed E-state index contributed by atoms with van der Waals surface area (Å²) in [6, 6.07) is 22.3. The molecule has 13 nitrogen and oxygen atoms in total. The molecule has 0 saturated heterocycles. The third-order valence-electron chi connectivity index (χ3n) is 13.2. The van der Waals surface area contributed by atoms with Crippen LogP contribution in [0, 0.1) is 5.92 Å². The van der Waals surface area contributed by atoms with E-state index in [0.717, 1.165) is 58.2 Å². The number of allylic oxidation sites excluding steroid dienone is 2. The maximum absolute atomic E-state index is 14.5. The molecule has 13 heteroatoms. The number of aromatic hydroxyl groups is 3. The number of esters is 1.